The first-order valence-corrected chi connectivity index (χ1v) is 13.5. The first kappa shape index (κ1) is 24.8. The molecule has 198 valence electrons. The van der Waals surface area contributed by atoms with Crippen LogP contribution < -0.4 is 9.47 Å². The Bertz CT molecular complexity index is 1330. The highest BCUT2D eigenvalue weighted by Gasteiger charge is 2.37. The number of aromatic hydroxyl groups is 2. The van der Waals surface area contributed by atoms with Crippen molar-refractivity contribution in [3.05, 3.63) is 83.4 Å². The van der Waals surface area contributed by atoms with Crippen LogP contribution in [-0.2, 0) is 4.74 Å². The van der Waals surface area contributed by atoms with Gasteiger partial charge in [-0.2, -0.15) is 0 Å². The van der Waals surface area contributed by atoms with Gasteiger partial charge in [-0.25, -0.2) is 0 Å². The minimum absolute atomic E-state index is 0.177. The van der Waals surface area contributed by atoms with Gasteiger partial charge in [-0.15, -0.1) is 0 Å². The lowest BCUT2D eigenvalue weighted by Crippen LogP contribution is -2.35. The van der Waals surface area contributed by atoms with E-state index >= 15 is 0 Å². The second-order valence-electron chi connectivity index (χ2n) is 10.9. The Morgan fingerprint density at radius 1 is 0.974 bits per heavy atom. The molecule has 0 aliphatic carbocycles. The van der Waals surface area contributed by atoms with Gasteiger partial charge < -0.3 is 24.4 Å². The van der Waals surface area contributed by atoms with Crippen molar-refractivity contribution >= 4 is 11.1 Å². The second-order valence-corrected chi connectivity index (χ2v) is 10.9. The zero-order chi connectivity index (χ0) is 26.2. The largest absolute Gasteiger partial charge is 0.508 e. The van der Waals surface area contributed by atoms with Gasteiger partial charge in [0.05, 0.1) is 13.2 Å². The van der Waals surface area contributed by atoms with Gasteiger partial charge >= 0.3 is 0 Å². The molecule has 1 unspecified atom stereocenters. The summed E-state index contributed by atoms with van der Waals surface area (Å²) >= 11 is 0. The molecular weight excluding hydrogens is 478 g/mol. The van der Waals surface area contributed by atoms with Crippen molar-refractivity contribution in [2.75, 3.05) is 32.9 Å². The van der Waals surface area contributed by atoms with Crippen LogP contribution >= 0.6 is 0 Å². The highest BCUT2D eigenvalue weighted by atomic mass is 16.5. The number of likely N-dealkylation sites (tertiary alicyclic amines) is 1. The molecule has 6 heteroatoms. The van der Waals surface area contributed by atoms with Crippen LogP contribution in [0.4, 0.5) is 0 Å². The molecule has 3 aliphatic heterocycles. The lowest BCUT2D eigenvalue weighted by Gasteiger charge is -2.38. The van der Waals surface area contributed by atoms with Crippen molar-refractivity contribution in [1.29, 1.82) is 0 Å². The van der Waals surface area contributed by atoms with Crippen molar-refractivity contribution in [3.63, 3.8) is 0 Å². The number of benzene rings is 3. The van der Waals surface area contributed by atoms with Gasteiger partial charge in [0.15, 0.2) is 0 Å². The zero-order valence-electron chi connectivity index (χ0n) is 22.0. The fourth-order valence-electron chi connectivity index (χ4n) is 5.79. The van der Waals surface area contributed by atoms with E-state index in [0.717, 1.165) is 58.3 Å². The topological polar surface area (TPSA) is 71.4 Å². The fraction of sp³-hybridized carbons (Fsp3) is 0.375. The molecule has 3 atom stereocenters. The van der Waals surface area contributed by atoms with Crippen LogP contribution in [0.2, 0.25) is 0 Å². The smallest absolute Gasteiger partial charge is 0.150 e. The van der Waals surface area contributed by atoms with Crippen molar-refractivity contribution < 1.29 is 24.4 Å². The molecule has 0 aromatic heterocycles. The van der Waals surface area contributed by atoms with Crippen molar-refractivity contribution in [3.8, 4) is 23.0 Å². The number of phenolic OH excluding ortho intramolecular Hbond substituents is 2. The Kier molecular flexibility index (Phi) is 6.76. The van der Waals surface area contributed by atoms with E-state index in [2.05, 4.69) is 30.9 Å². The van der Waals surface area contributed by atoms with E-state index in [9.17, 15) is 10.2 Å². The summed E-state index contributed by atoms with van der Waals surface area (Å²) in [5, 5.41) is 20.6. The van der Waals surface area contributed by atoms with Gasteiger partial charge in [0.2, 0.25) is 0 Å². The van der Waals surface area contributed by atoms with Crippen molar-refractivity contribution in [2.24, 2.45) is 11.8 Å². The van der Waals surface area contributed by atoms with Gasteiger partial charge in [0.1, 0.15) is 35.7 Å². The average Bonchev–Trinajstić information content (AvgIpc) is 3.33. The normalized spacial score (nSPS) is 22.5. The maximum Gasteiger partial charge on any atom is 0.150 e. The number of fused-ring (bicyclic) bond motifs is 1. The lowest BCUT2D eigenvalue weighted by molar-refractivity contribution is -0.00314. The van der Waals surface area contributed by atoms with E-state index in [1.165, 1.54) is 6.42 Å². The van der Waals surface area contributed by atoms with Crippen LogP contribution in [0, 0.1) is 11.8 Å². The number of phenols is 2. The average molecular weight is 514 g/mol. The van der Waals surface area contributed by atoms with Crippen LogP contribution in [0.15, 0.2) is 66.7 Å². The standard InChI is InChI=1S/C32H35NO5/c1-20-12-13-33(16-20)21(2)17-37-27-9-6-22(7-10-27)32-31(23-4-3-5-25(34)14-23)30(24-18-36-19-24)28-15-26(35)8-11-29(28)38-32/h3-11,14-15,20-21,24,32,34-35H,12-13,16-19H2,1-2H3/t20-,21+,32?/m1/s1. The van der Waals surface area contributed by atoms with E-state index in [0.29, 0.717) is 25.9 Å². The van der Waals surface area contributed by atoms with Crippen LogP contribution in [0.1, 0.15) is 43.1 Å². The number of hydrogen-bond acceptors (Lipinski definition) is 6. The minimum Gasteiger partial charge on any atom is -0.508 e. The summed E-state index contributed by atoms with van der Waals surface area (Å²) in [6.45, 7) is 8.70. The van der Waals surface area contributed by atoms with Crippen LogP contribution in [0.5, 0.6) is 23.0 Å². The third-order valence-electron chi connectivity index (χ3n) is 8.01. The molecule has 3 aromatic carbocycles. The van der Waals surface area contributed by atoms with E-state index in [1.807, 2.05) is 30.3 Å². The highest BCUT2D eigenvalue weighted by molar-refractivity contribution is 5.97. The molecule has 3 aliphatic rings. The molecule has 0 radical (unpaired) electrons. The van der Waals surface area contributed by atoms with Gasteiger partial charge in [-0.05, 0) is 85.0 Å². The molecule has 3 heterocycles. The van der Waals surface area contributed by atoms with Crippen LogP contribution in [0.25, 0.3) is 11.1 Å². The number of hydrogen-bond donors (Lipinski definition) is 2. The van der Waals surface area contributed by atoms with Gasteiger partial charge in [0.25, 0.3) is 0 Å². The second kappa shape index (κ2) is 10.4. The van der Waals surface area contributed by atoms with Crippen molar-refractivity contribution in [1.82, 2.24) is 4.90 Å². The van der Waals surface area contributed by atoms with E-state index < -0.39 is 0 Å². The molecular formula is C32H35NO5. The molecule has 2 saturated heterocycles. The third kappa shape index (κ3) is 4.86. The predicted molar refractivity (Wildman–Crippen MR) is 147 cm³/mol. The zero-order valence-corrected chi connectivity index (χ0v) is 22.0. The highest BCUT2D eigenvalue weighted by Crippen LogP contribution is 2.51. The Labute approximate surface area is 224 Å². The summed E-state index contributed by atoms with van der Waals surface area (Å²) in [7, 11) is 0. The number of nitrogens with zero attached hydrogens (tertiary/aromatic N) is 1. The first-order chi connectivity index (χ1) is 18.5. The number of ether oxygens (including phenoxy) is 3. The lowest BCUT2D eigenvalue weighted by atomic mass is 9.79. The molecule has 0 bridgehead atoms. The first-order valence-electron chi connectivity index (χ1n) is 13.5. The van der Waals surface area contributed by atoms with Gasteiger partial charge in [0, 0.05) is 29.6 Å². The molecule has 0 spiro atoms. The van der Waals surface area contributed by atoms with Crippen LogP contribution in [0.3, 0.4) is 0 Å². The third-order valence-corrected chi connectivity index (χ3v) is 8.01. The molecule has 6 nitrogen and oxygen atoms in total. The summed E-state index contributed by atoms with van der Waals surface area (Å²) < 4.78 is 18.4. The number of rotatable bonds is 7. The van der Waals surface area contributed by atoms with Gasteiger partial charge in [-0.1, -0.05) is 31.2 Å². The summed E-state index contributed by atoms with van der Waals surface area (Å²) in [6, 6.07) is 21.1. The maximum atomic E-state index is 10.3. The van der Waals surface area contributed by atoms with E-state index in [-0.39, 0.29) is 23.5 Å². The summed E-state index contributed by atoms with van der Waals surface area (Å²) in [5.41, 5.74) is 4.84. The van der Waals surface area contributed by atoms with Gasteiger partial charge in [-0.3, -0.25) is 4.90 Å². The SMILES string of the molecule is C[C@@H]1CCN([C@@H](C)COc2ccc(C3Oc4ccc(O)cc4C(C4COC4)=C3c3cccc(O)c3)cc2)C1. The molecule has 6 rings (SSSR count). The Balaban J connectivity index is 1.33. The molecule has 0 amide bonds. The molecule has 2 N–H and O–H groups in total. The molecule has 38 heavy (non-hydrogen) atoms. The summed E-state index contributed by atoms with van der Waals surface area (Å²) in [5.74, 6) is 2.89. The molecule has 3 aromatic rings. The summed E-state index contributed by atoms with van der Waals surface area (Å²) in [4.78, 5) is 2.50. The van der Waals surface area contributed by atoms with Crippen LogP contribution in [-0.4, -0.2) is 54.1 Å². The quantitative estimate of drug-likeness (QED) is 0.410. The van der Waals surface area contributed by atoms with E-state index in [1.54, 1.807) is 24.3 Å². The summed E-state index contributed by atoms with van der Waals surface area (Å²) in [6.07, 6.45) is 0.871. The maximum absolute atomic E-state index is 10.3. The van der Waals surface area contributed by atoms with E-state index in [4.69, 9.17) is 14.2 Å². The Morgan fingerprint density at radius 3 is 2.45 bits per heavy atom. The minimum atomic E-state index is -0.386. The van der Waals surface area contributed by atoms with Crippen molar-refractivity contribution in [2.45, 2.75) is 32.4 Å². The Hall–Kier alpha value is -3.48. The fourth-order valence-corrected chi connectivity index (χ4v) is 5.79. The molecule has 2 fully saturated rings. The Morgan fingerprint density at radius 2 is 1.76 bits per heavy atom. The monoisotopic (exact) mass is 513 g/mol. The molecule has 0 saturated carbocycles. The predicted octanol–water partition coefficient (Wildman–Crippen LogP) is 5.90.